The second-order valence-corrected chi connectivity index (χ2v) is 7.89. The van der Waals surface area contributed by atoms with Crippen LogP contribution in [-0.4, -0.2) is 24.7 Å². The van der Waals surface area contributed by atoms with E-state index >= 15 is 0 Å². The van der Waals surface area contributed by atoms with Crippen LogP contribution >= 0.6 is 12.4 Å². The molecule has 0 spiro atoms. The SMILES string of the molecule is CC(C)CCC(CCC(C)C)NCC(C)OC(=O)c1ccc(N)cc1.Cl. The standard InChI is InChI=1S/C21H36N2O2.ClH/c1-15(2)6-12-20(13-7-16(3)4)23-14-17(5)25-21(24)18-8-10-19(22)11-9-18;/h8-11,15-17,20,23H,6-7,12-14,22H2,1-5H3;1H. The first-order valence-electron chi connectivity index (χ1n) is 9.57. The summed E-state index contributed by atoms with van der Waals surface area (Å²) in [4.78, 5) is 12.2. The van der Waals surface area contributed by atoms with Crippen molar-refractivity contribution in [3.05, 3.63) is 29.8 Å². The summed E-state index contributed by atoms with van der Waals surface area (Å²) >= 11 is 0. The van der Waals surface area contributed by atoms with E-state index in [1.165, 1.54) is 25.7 Å². The summed E-state index contributed by atoms with van der Waals surface area (Å²) in [5, 5.41) is 3.60. The van der Waals surface area contributed by atoms with Crippen LogP contribution in [-0.2, 0) is 4.74 Å². The zero-order valence-electron chi connectivity index (χ0n) is 17.0. The van der Waals surface area contributed by atoms with E-state index in [1.807, 2.05) is 6.92 Å². The average molecular weight is 385 g/mol. The van der Waals surface area contributed by atoms with E-state index in [2.05, 4.69) is 33.0 Å². The van der Waals surface area contributed by atoms with E-state index in [0.717, 1.165) is 0 Å². The van der Waals surface area contributed by atoms with Gasteiger partial charge < -0.3 is 15.8 Å². The van der Waals surface area contributed by atoms with Crippen LogP contribution in [0.2, 0.25) is 0 Å². The minimum absolute atomic E-state index is 0. The molecular formula is C21H37ClN2O2. The minimum atomic E-state index is -0.296. The molecule has 26 heavy (non-hydrogen) atoms. The first-order valence-corrected chi connectivity index (χ1v) is 9.57. The number of anilines is 1. The number of nitrogens with one attached hydrogen (secondary N) is 1. The molecule has 1 aromatic carbocycles. The van der Waals surface area contributed by atoms with Crippen LogP contribution in [0.15, 0.2) is 24.3 Å². The highest BCUT2D eigenvalue weighted by molar-refractivity contribution is 5.89. The Kier molecular flexibility index (Phi) is 12.4. The molecule has 0 saturated heterocycles. The number of benzene rings is 1. The van der Waals surface area contributed by atoms with Gasteiger partial charge in [0.15, 0.2) is 0 Å². The van der Waals surface area contributed by atoms with Crippen LogP contribution in [0.1, 0.15) is 70.7 Å². The van der Waals surface area contributed by atoms with Gasteiger partial charge in [-0.1, -0.05) is 27.7 Å². The third-order valence-corrected chi connectivity index (χ3v) is 4.33. The maximum absolute atomic E-state index is 12.2. The summed E-state index contributed by atoms with van der Waals surface area (Å²) in [6.07, 6.45) is 4.61. The van der Waals surface area contributed by atoms with Crippen LogP contribution in [0.5, 0.6) is 0 Å². The van der Waals surface area contributed by atoms with Crippen LogP contribution in [0.4, 0.5) is 5.69 Å². The lowest BCUT2D eigenvalue weighted by Gasteiger charge is -2.23. The van der Waals surface area contributed by atoms with Crippen molar-refractivity contribution < 1.29 is 9.53 Å². The number of ether oxygens (including phenoxy) is 1. The molecule has 3 N–H and O–H groups in total. The molecule has 0 fully saturated rings. The van der Waals surface area contributed by atoms with Crippen molar-refractivity contribution in [2.24, 2.45) is 11.8 Å². The quantitative estimate of drug-likeness (QED) is 0.413. The van der Waals surface area contributed by atoms with Crippen LogP contribution in [0, 0.1) is 11.8 Å². The molecule has 4 nitrogen and oxygen atoms in total. The van der Waals surface area contributed by atoms with Crippen molar-refractivity contribution >= 4 is 24.1 Å². The fraction of sp³-hybridized carbons (Fsp3) is 0.667. The molecule has 0 amide bonds. The van der Waals surface area contributed by atoms with Crippen LogP contribution in [0.3, 0.4) is 0 Å². The molecular weight excluding hydrogens is 348 g/mol. The number of carbonyl (C=O) groups is 1. The molecule has 0 heterocycles. The van der Waals surface area contributed by atoms with Crippen molar-refractivity contribution in [2.75, 3.05) is 12.3 Å². The highest BCUT2D eigenvalue weighted by Gasteiger charge is 2.15. The molecule has 0 aliphatic heterocycles. The molecule has 0 aromatic heterocycles. The molecule has 1 unspecified atom stereocenters. The number of nitrogen functional groups attached to an aromatic ring is 1. The van der Waals surface area contributed by atoms with Crippen molar-refractivity contribution in [3.8, 4) is 0 Å². The van der Waals surface area contributed by atoms with Crippen LogP contribution < -0.4 is 11.1 Å². The average Bonchev–Trinajstić information content (AvgIpc) is 2.54. The van der Waals surface area contributed by atoms with Gasteiger partial charge in [-0.3, -0.25) is 0 Å². The predicted molar refractivity (Wildman–Crippen MR) is 113 cm³/mol. The Morgan fingerprint density at radius 1 is 0.962 bits per heavy atom. The van der Waals surface area contributed by atoms with Gasteiger partial charge in [0.1, 0.15) is 6.10 Å². The van der Waals surface area contributed by atoms with Gasteiger partial charge in [-0.05, 0) is 68.7 Å². The number of esters is 1. The number of halogens is 1. The Morgan fingerprint density at radius 2 is 1.46 bits per heavy atom. The van der Waals surface area contributed by atoms with E-state index < -0.39 is 0 Å². The Morgan fingerprint density at radius 3 is 1.92 bits per heavy atom. The number of rotatable bonds is 11. The second-order valence-electron chi connectivity index (χ2n) is 7.89. The van der Waals surface area contributed by atoms with E-state index in [1.54, 1.807) is 24.3 Å². The Hall–Kier alpha value is -1.26. The van der Waals surface area contributed by atoms with E-state index in [-0.39, 0.29) is 24.5 Å². The van der Waals surface area contributed by atoms with E-state index in [0.29, 0.717) is 35.7 Å². The lowest BCUT2D eigenvalue weighted by molar-refractivity contribution is 0.0335. The van der Waals surface area contributed by atoms with Gasteiger partial charge in [0.2, 0.25) is 0 Å². The maximum atomic E-state index is 12.2. The van der Waals surface area contributed by atoms with E-state index in [9.17, 15) is 4.79 Å². The van der Waals surface area contributed by atoms with Gasteiger partial charge in [0, 0.05) is 18.3 Å². The first-order chi connectivity index (χ1) is 11.8. The van der Waals surface area contributed by atoms with Gasteiger partial charge in [0.25, 0.3) is 0 Å². The normalized spacial score (nSPS) is 12.3. The smallest absolute Gasteiger partial charge is 0.338 e. The Bertz CT molecular complexity index is 491. The summed E-state index contributed by atoms with van der Waals surface area (Å²) in [5.74, 6) is 1.13. The van der Waals surface area contributed by atoms with Crippen molar-refractivity contribution in [2.45, 2.75) is 72.4 Å². The monoisotopic (exact) mass is 384 g/mol. The number of hydrogen-bond acceptors (Lipinski definition) is 4. The Labute approximate surface area is 165 Å². The van der Waals surface area contributed by atoms with Crippen molar-refractivity contribution in [1.29, 1.82) is 0 Å². The van der Waals surface area contributed by atoms with Gasteiger partial charge in [-0.25, -0.2) is 4.79 Å². The second kappa shape index (κ2) is 13.0. The zero-order valence-corrected chi connectivity index (χ0v) is 17.8. The lowest BCUT2D eigenvalue weighted by atomic mass is 9.97. The molecule has 0 aliphatic carbocycles. The maximum Gasteiger partial charge on any atom is 0.338 e. The summed E-state index contributed by atoms with van der Waals surface area (Å²) in [6.45, 7) is 11.7. The van der Waals surface area contributed by atoms with Crippen LogP contribution in [0.25, 0.3) is 0 Å². The fourth-order valence-corrected chi connectivity index (χ4v) is 2.66. The first kappa shape index (κ1) is 24.7. The zero-order chi connectivity index (χ0) is 18.8. The summed E-state index contributed by atoms with van der Waals surface area (Å²) in [5.41, 5.74) is 6.83. The molecule has 150 valence electrons. The summed E-state index contributed by atoms with van der Waals surface area (Å²) in [6, 6.07) is 7.32. The number of nitrogens with two attached hydrogens (primary N) is 1. The molecule has 0 aliphatic rings. The van der Waals surface area contributed by atoms with Gasteiger partial charge in [-0.2, -0.15) is 0 Å². The molecule has 5 heteroatoms. The molecule has 1 atom stereocenters. The largest absolute Gasteiger partial charge is 0.458 e. The summed E-state index contributed by atoms with van der Waals surface area (Å²) in [7, 11) is 0. The predicted octanol–water partition coefficient (Wildman–Crippen LogP) is 5.07. The lowest BCUT2D eigenvalue weighted by Crippen LogP contribution is -2.37. The molecule has 1 rings (SSSR count). The highest BCUT2D eigenvalue weighted by atomic mass is 35.5. The molecule has 0 saturated carbocycles. The third-order valence-electron chi connectivity index (χ3n) is 4.33. The fourth-order valence-electron chi connectivity index (χ4n) is 2.66. The number of carbonyl (C=O) groups excluding carboxylic acids is 1. The Balaban J connectivity index is 0.00000625. The third kappa shape index (κ3) is 10.7. The molecule has 0 radical (unpaired) electrons. The summed E-state index contributed by atoms with van der Waals surface area (Å²) < 4.78 is 5.54. The highest BCUT2D eigenvalue weighted by Crippen LogP contribution is 2.14. The topological polar surface area (TPSA) is 64.3 Å². The molecule has 1 aromatic rings. The van der Waals surface area contributed by atoms with Gasteiger partial charge >= 0.3 is 5.97 Å². The molecule has 0 bridgehead atoms. The minimum Gasteiger partial charge on any atom is -0.458 e. The van der Waals surface area contributed by atoms with Gasteiger partial charge in [0.05, 0.1) is 5.56 Å². The number of hydrogen-bond donors (Lipinski definition) is 2. The van der Waals surface area contributed by atoms with Crippen molar-refractivity contribution in [1.82, 2.24) is 5.32 Å². The van der Waals surface area contributed by atoms with Crippen molar-refractivity contribution in [3.63, 3.8) is 0 Å². The van der Waals surface area contributed by atoms with Gasteiger partial charge in [-0.15, -0.1) is 12.4 Å². The van der Waals surface area contributed by atoms with E-state index in [4.69, 9.17) is 10.5 Å².